The van der Waals surface area contributed by atoms with Crippen molar-refractivity contribution < 1.29 is 9.13 Å². The van der Waals surface area contributed by atoms with E-state index in [4.69, 9.17) is 16.3 Å². The highest BCUT2D eigenvalue weighted by Crippen LogP contribution is 2.28. The minimum Gasteiger partial charge on any atom is -0.373 e. The molecule has 1 aliphatic rings. The largest absolute Gasteiger partial charge is 0.373 e. The second kappa shape index (κ2) is 5.03. The topological polar surface area (TPSA) is 27.1 Å². The smallest absolute Gasteiger partial charge is 0.143 e. The van der Waals surface area contributed by atoms with E-state index in [-0.39, 0.29) is 11.1 Å². The fourth-order valence-corrected chi connectivity index (χ4v) is 3.00. The Morgan fingerprint density at radius 3 is 3.05 bits per heavy atom. The number of nitrogens with zero attached hydrogens (tertiary/aromatic N) is 2. The number of aromatic nitrogens is 2. The van der Waals surface area contributed by atoms with E-state index >= 15 is 0 Å². The second-order valence-corrected chi connectivity index (χ2v) is 5.98. The Hall–Kier alpha value is -0.660. The van der Waals surface area contributed by atoms with Gasteiger partial charge < -0.3 is 4.74 Å². The second-order valence-electron chi connectivity index (χ2n) is 4.55. The normalized spacial score (nSPS) is 18.4. The predicted molar refractivity (Wildman–Crippen MR) is 79.2 cm³/mol. The number of hydrogen-bond donors (Lipinski definition) is 0. The molecule has 0 aliphatic carbocycles. The molecule has 1 atom stereocenters. The Morgan fingerprint density at radius 2 is 2.32 bits per heavy atom. The van der Waals surface area contributed by atoms with Crippen LogP contribution >= 0.6 is 34.2 Å². The standard InChI is InChI=1S/C13H11ClFIN2O/c1-7-4-12-9(6-19-7)13(16)17-18(12)8-2-3-10(14)11(15)5-8/h2-3,5,7H,4,6H2,1H3/t7-/m0/s1. The van der Waals surface area contributed by atoms with Gasteiger partial charge in [0.15, 0.2) is 0 Å². The van der Waals surface area contributed by atoms with Crippen LogP contribution in [0.5, 0.6) is 0 Å². The molecule has 0 N–H and O–H groups in total. The van der Waals surface area contributed by atoms with Gasteiger partial charge in [0.05, 0.1) is 29.1 Å². The van der Waals surface area contributed by atoms with E-state index in [9.17, 15) is 4.39 Å². The highest BCUT2D eigenvalue weighted by Gasteiger charge is 2.24. The Kier molecular flexibility index (Phi) is 3.53. The minimum atomic E-state index is -0.432. The lowest BCUT2D eigenvalue weighted by Gasteiger charge is -2.20. The average Bonchev–Trinajstić information content (AvgIpc) is 2.70. The third kappa shape index (κ3) is 2.39. The first kappa shape index (κ1) is 13.3. The van der Waals surface area contributed by atoms with Gasteiger partial charge >= 0.3 is 0 Å². The Balaban J connectivity index is 2.12. The molecule has 0 radical (unpaired) electrons. The Morgan fingerprint density at radius 1 is 1.53 bits per heavy atom. The van der Waals surface area contributed by atoms with Gasteiger partial charge in [-0.1, -0.05) is 11.6 Å². The Bertz CT molecular complexity index is 644. The first-order valence-corrected chi connectivity index (χ1v) is 7.35. The van der Waals surface area contributed by atoms with Gasteiger partial charge in [0.25, 0.3) is 0 Å². The molecule has 100 valence electrons. The molecule has 2 aromatic rings. The lowest BCUT2D eigenvalue weighted by atomic mass is 10.1. The van der Waals surface area contributed by atoms with Gasteiger partial charge in [-0.25, -0.2) is 9.07 Å². The van der Waals surface area contributed by atoms with E-state index in [1.807, 2.05) is 6.92 Å². The molecular weight excluding hydrogens is 382 g/mol. The van der Waals surface area contributed by atoms with E-state index in [1.54, 1.807) is 16.8 Å². The first-order chi connectivity index (χ1) is 9.06. The summed E-state index contributed by atoms with van der Waals surface area (Å²) in [6.07, 6.45) is 0.922. The van der Waals surface area contributed by atoms with Crippen LogP contribution in [0.1, 0.15) is 18.2 Å². The third-order valence-electron chi connectivity index (χ3n) is 3.18. The quantitative estimate of drug-likeness (QED) is 0.692. The van der Waals surface area contributed by atoms with Gasteiger partial charge in [-0.3, -0.25) is 0 Å². The van der Waals surface area contributed by atoms with Crippen LogP contribution in [0, 0.1) is 9.52 Å². The summed E-state index contributed by atoms with van der Waals surface area (Å²) in [4.78, 5) is 0. The number of benzene rings is 1. The molecule has 0 saturated carbocycles. The summed E-state index contributed by atoms with van der Waals surface area (Å²) in [6, 6.07) is 4.73. The molecule has 0 saturated heterocycles. The molecule has 2 heterocycles. The van der Waals surface area contributed by atoms with Gasteiger partial charge in [0.2, 0.25) is 0 Å². The van der Waals surface area contributed by atoms with E-state index in [1.165, 1.54) is 6.07 Å². The lowest BCUT2D eigenvalue weighted by molar-refractivity contribution is 0.0395. The average molecular weight is 393 g/mol. The fraction of sp³-hybridized carbons (Fsp3) is 0.308. The minimum absolute atomic E-state index is 0.121. The zero-order chi connectivity index (χ0) is 13.6. The maximum absolute atomic E-state index is 13.6. The van der Waals surface area contributed by atoms with Gasteiger partial charge in [-0.05, 0) is 41.6 Å². The third-order valence-corrected chi connectivity index (χ3v) is 4.35. The molecule has 1 aromatic carbocycles. The van der Waals surface area contributed by atoms with Crippen LogP contribution in [-0.2, 0) is 17.8 Å². The lowest BCUT2D eigenvalue weighted by Crippen LogP contribution is -2.21. The highest BCUT2D eigenvalue weighted by molar-refractivity contribution is 14.1. The van der Waals surface area contributed by atoms with Crippen LogP contribution in [-0.4, -0.2) is 15.9 Å². The summed E-state index contributed by atoms with van der Waals surface area (Å²) in [5.41, 5.74) is 2.87. The molecule has 3 nitrogen and oxygen atoms in total. The summed E-state index contributed by atoms with van der Waals surface area (Å²) in [6.45, 7) is 2.58. The van der Waals surface area contributed by atoms with Crippen LogP contribution in [0.15, 0.2) is 18.2 Å². The molecule has 0 bridgehead atoms. The summed E-state index contributed by atoms with van der Waals surface area (Å²) in [5.74, 6) is -0.432. The number of halogens is 3. The maximum atomic E-state index is 13.6. The molecule has 0 amide bonds. The molecule has 1 aromatic heterocycles. The summed E-state index contributed by atoms with van der Waals surface area (Å²) < 4.78 is 21.9. The van der Waals surface area contributed by atoms with Crippen LogP contribution < -0.4 is 0 Å². The van der Waals surface area contributed by atoms with Crippen molar-refractivity contribution in [3.63, 3.8) is 0 Å². The van der Waals surface area contributed by atoms with Crippen LogP contribution in [0.25, 0.3) is 5.69 Å². The number of hydrogen-bond acceptors (Lipinski definition) is 2. The molecule has 0 fully saturated rings. The first-order valence-electron chi connectivity index (χ1n) is 5.89. The molecule has 3 rings (SSSR count). The van der Waals surface area contributed by atoms with Gasteiger partial charge in [0, 0.05) is 18.1 Å². The van der Waals surface area contributed by atoms with Gasteiger partial charge in [-0.2, -0.15) is 5.10 Å². The van der Waals surface area contributed by atoms with Crippen molar-refractivity contribution in [2.45, 2.75) is 26.1 Å². The molecule has 19 heavy (non-hydrogen) atoms. The fourth-order valence-electron chi connectivity index (χ4n) is 2.20. The van der Waals surface area contributed by atoms with Crippen molar-refractivity contribution in [2.24, 2.45) is 0 Å². The van der Waals surface area contributed by atoms with Crippen molar-refractivity contribution >= 4 is 34.2 Å². The summed E-state index contributed by atoms with van der Waals surface area (Å²) in [5, 5.41) is 4.60. The van der Waals surface area contributed by atoms with E-state index < -0.39 is 5.82 Å². The van der Waals surface area contributed by atoms with Crippen molar-refractivity contribution in [1.82, 2.24) is 9.78 Å². The molecular formula is C13H11ClFIN2O. The van der Waals surface area contributed by atoms with Crippen molar-refractivity contribution in [3.8, 4) is 5.69 Å². The SMILES string of the molecule is C[C@H]1Cc2c(c(I)nn2-c2ccc(Cl)c(F)c2)CO1. The van der Waals surface area contributed by atoms with Crippen LogP contribution in [0.3, 0.4) is 0 Å². The van der Waals surface area contributed by atoms with Crippen molar-refractivity contribution in [3.05, 3.63) is 44.0 Å². The molecule has 1 aliphatic heterocycles. The molecule has 0 unspecified atom stereocenters. The summed E-state index contributed by atoms with van der Waals surface area (Å²) >= 11 is 7.90. The predicted octanol–water partition coefficient (Wildman–Crippen LogP) is 3.73. The maximum Gasteiger partial charge on any atom is 0.143 e. The van der Waals surface area contributed by atoms with Crippen molar-refractivity contribution in [2.75, 3.05) is 0 Å². The van der Waals surface area contributed by atoms with E-state index in [0.29, 0.717) is 12.3 Å². The van der Waals surface area contributed by atoms with E-state index in [2.05, 4.69) is 27.7 Å². The van der Waals surface area contributed by atoms with Crippen LogP contribution in [0.2, 0.25) is 5.02 Å². The number of rotatable bonds is 1. The number of fused-ring (bicyclic) bond motifs is 1. The number of ether oxygens (including phenoxy) is 1. The molecule has 0 spiro atoms. The highest BCUT2D eigenvalue weighted by atomic mass is 127. The molecule has 6 heteroatoms. The summed E-state index contributed by atoms with van der Waals surface area (Å²) in [7, 11) is 0. The van der Waals surface area contributed by atoms with Gasteiger partial charge in [-0.15, -0.1) is 0 Å². The zero-order valence-electron chi connectivity index (χ0n) is 10.2. The van der Waals surface area contributed by atoms with Crippen LogP contribution in [0.4, 0.5) is 4.39 Å². The zero-order valence-corrected chi connectivity index (χ0v) is 13.1. The monoisotopic (exact) mass is 392 g/mol. The van der Waals surface area contributed by atoms with Gasteiger partial charge in [0.1, 0.15) is 9.52 Å². The Labute approximate surface area is 128 Å². The van der Waals surface area contributed by atoms with E-state index in [0.717, 1.165) is 21.4 Å². The van der Waals surface area contributed by atoms with Crippen molar-refractivity contribution in [1.29, 1.82) is 0 Å².